The molecule has 0 saturated carbocycles. The molecule has 0 aliphatic rings. The summed E-state index contributed by atoms with van der Waals surface area (Å²) in [6.45, 7) is 0. The van der Waals surface area contributed by atoms with Gasteiger partial charge in [-0.2, -0.15) is 5.26 Å². The number of rotatable bonds is 2. The second-order valence-electron chi connectivity index (χ2n) is 2.63. The van der Waals surface area contributed by atoms with Crippen molar-refractivity contribution >= 4 is 0 Å². The van der Waals surface area contributed by atoms with Crippen molar-refractivity contribution in [1.29, 1.82) is 5.26 Å². The number of aliphatic hydroxyl groups excluding tert-OH is 1. The van der Waals surface area contributed by atoms with Gasteiger partial charge in [-0.1, -0.05) is 6.07 Å². The minimum Gasteiger partial charge on any atom is -0.504 e. The van der Waals surface area contributed by atoms with E-state index in [-0.39, 0.29) is 17.9 Å². The number of nitriles is 1. The standard InChI is InChI=1S/C9H9NO3/c10-4-3-7(11)6-1-2-8(12)9(13)5-6/h1-2,5,7,11-13H,3H2. The van der Waals surface area contributed by atoms with Crippen molar-refractivity contribution in [3.63, 3.8) is 0 Å². The van der Waals surface area contributed by atoms with E-state index in [9.17, 15) is 5.11 Å². The van der Waals surface area contributed by atoms with Crippen LogP contribution in [-0.2, 0) is 0 Å². The van der Waals surface area contributed by atoms with E-state index in [1.165, 1.54) is 18.2 Å². The second-order valence-corrected chi connectivity index (χ2v) is 2.63. The molecule has 0 spiro atoms. The van der Waals surface area contributed by atoms with Crippen LogP contribution in [0.1, 0.15) is 18.1 Å². The highest BCUT2D eigenvalue weighted by molar-refractivity contribution is 5.41. The number of hydrogen-bond acceptors (Lipinski definition) is 4. The van der Waals surface area contributed by atoms with Gasteiger partial charge in [-0.15, -0.1) is 0 Å². The lowest BCUT2D eigenvalue weighted by Crippen LogP contribution is -1.94. The van der Waals surface area contributed by atoms with Gasteiger partial charge in [0.1, 0.15) is 0 Å². The first kappa shape index (κ1) is 9.36. The first-order valence-electron chi connectivity index (χ1n) is 3.72. The van der Waals surface area contributed by atoms with Crippen LogP contribution in [-0.4, -0.2) is 15.3 Å². The largest absolute Gasteiger partial charge is 0.504 e. The summed E-state index contributed by atoms with van der Waals surface area (Å²) >= 11 is 0. The number of hydrogen-bond donors (Lipinski definition) is 3. The number of aromatic hydroxyl groups is 2. The van der Waals surface area contributed by atoms with Gasteiger partial charge in [-0.25, -0.2) is 0 Å². The quantitative estimate of drug-likeness (QED) is 0.592. The van der Waals surface area contributed by atoms with Gasteiger partial charge >= 0.3 is 0 Å². The molecule has 4 nitrogen and oxygen atoms in total. The zero-order valence-corrected chi connectivity index (χ0v) is 6.81. The Kier molecular flexibility index (Phi) is 2.72. The zero-order valence-electron chi connectivity index (χ0n) is 6.81. The Morgan fingerprint density at radius 2 is 2.00 bits per heavy atom. The van der Waals surface area contributed by atoms with E-state index in [1.807, 2.05) is 0 Å². The maximum Gasteiger partial charge on any atom is 0.157 e. The third kappa shape index (κ3) is 2.10. The molecule has 1 unspecified atom stereocenters. The highest BCUT2D eigenvalue weighted by atomic mass is 16.3. The van der Waals surface area contributed by atoms with Crippen LogP contribution >= 0.6 is 0 Å². The molecule has 0 aliphatic heterocycles. The van der Waals surface area contributed by atoms with Gasteiger partial charge in [0.2, 0.25) is 0 Å². The van der Waals surface area contributed by atoms with Crippen LogP contribution in [0.3, 0.4) is 0 Å². The van der Waals surface area contributed by atoms with Gasteiger partial charge in [0.05, 0.1) is 18.6 Å². The number of nitrogens with zero attached hydrogens (tertiary/aromatic N) is 1. The van der Waals surface area contributed by atoms with Crippen LogP contribution in [0.2, 0.25) is 0 Å². The molecule has 0 saturated heterocycles. The highest BCUT2D eigenvalue weighted by Crippen LogP contribution is 2.28. The summed E-state index contributed by atoms with van der Waals surface area (Å²) in [5, 5.41) is 35.7. The zero-order chi connectivity index (χ0) is 9.84. The fourth-order valence-electron chi connectivity index (χ4n) is 0.952. The molecule has 0 bridgehead atoms. The molecule has 1 aromatic rings. The molecular formula is C9H9NO3. The molecule has 68 valence electrons. The smallest absolute Gasteiger partial charge is 0.157 e. The van der Waals surface area contributed by atoms with Crippen molar-refractivity contribution < 1.29 is 15.3 Å². The lowest BCUT2D eigenvalue weighted by atomic mass is 10.1. The van der Waals surface area contributed by atoms with Gasteiger partial charge in [0.15, 0.2) is 11.5 Å². The van der Waals surface area contributed by atoms with Crippen molar-refractivity contribution in [1.82, 2.24) is 0 Å². The summed E-state index contributed by atoms with van der Waals surface area (Å²) in [6.07, 6.45) is -0.957. The second kappa shape index (κ2) is 3.78. The van der Waals surface area contributed by atoms with Crippen molar-refractivity contribution in [2.45, 2.75) is 12.5 Å². The van der Waals surface area contributed by atoms with Gasteiger partial charge < -0.3 is 15.3 Å². The Bertz CT molecular complexity index is 343. The molecule has 0 aliphatic carbocycles. The molecule has 0 aromatic heterocycles. The fourth-order valence-corrected chi connectivity index (χ4v) is 0.952. The summed E-state index contributed by atoms with van der Waals surface area (Å²) in [7, 11) is 0. The Balaban J connectivity index is 2.91. The monoisotopic (exact) mass is 179 g/mol. The van der Waals surface area contributed by atoms with Crippen LogP contribution in [0.4, 0.5) is 0 Å². The van der Waals surface area contributed by atoms with Crippen LogP contribution in [0.25, 0.3) is 0 Å². The predicted molar refractivity (Wildman–Crippen MR) is 45.0 cm³/mol. The summed E-state index contributed by atoms with van der Waals surface area (Å²) < 4.78 is 0. The van der Waals surface area contributed by atoms with Crippen molar-refractivity contribution in [2.75, 3.05) is 0 Å². The van der Waals surface area contributed by atoms with Gasteiger partial charge in [-0.05, 0) is 17.7 Å². The fraction of sp³-hybridized carbons (Fsp3) is 0.222. The molecule has 0 fully saturated rings. The Morgan fingerprint density at radius 3 is 2.54 bits per heavy atom. The normalized spacial score (nSPS) is 12.0. The highest BCUT2D eigenvalue weighted by Gasteiger charge is 2.08. The molecule has 13 heavy (non-hydrogen) atoms. The third-order valence-corrected chi connectivity index (χ3v) is 1.67. The number of aliphatic hydroxyl groups is 1. The van der Waals surface area contributed by atoms with E-state index in [0.717, 1.165) is 0 Å². The lowest BCUT2D eigenvalue weighted by Gasteiger charge is -2.07. The topological polar surface area (TPSA) is 84.5 Å². The van der Waals surface area contributed by atoms with E-state index >= 15 is 0 Å². The molecule has 0 amide bonds. The Labute approximate surface area is 75.3 Å². The number of phenols is 2. The summed E-state index contributed by atoms with van der Waals surface area (Å²) in [6, 6.07) is 5.76. The van der Waals surface area contributed by atoms with Crippen molar-refractivity contribution in [2.24, 2.45) is 0 Å². The molecule has 1 rings (SSSR count). The molecule has 0 radical (unpaired) electrons. The first-order valence-corrected chi connectivity index (χ1v) is 3.72. The average molecular weight is 179 g/mol. The van der Waals surface area contributed by atoms with E-state index in [0.29, 0.717) is 5.56 Å². The summed E-state index contributed by atoms with van der Waals surface area (Å²) in [5.74, 6) is -0.539. The third-order valence-electron chi connectivity index (χ3n) is 1.67. The molecule has 1 aromatic carbocycles. The molecule has 0 heterocycles. The Hall–Kier alpha value is -1.73. The number of benzene rings is 1. The lowest BCUT2D eigenvalue weighted by molar-refractivity contribution is 0.183. The van der Waals surface area contributed by atoms with Crippen LogP contribution < -0.4 is 0 Å². The van der Waals surface area contributed by atoms with Crippen molar-refractivity contribution in [3.05, 3.63) is 23.8 Å². The van der Waals surface area contributed by atoms with Crippen LogP contribution in [0.15, 0.2) is 18.2 Å². The molecule has 3 N–H and O–H groups in total. The number of phenolic OH excluding ortho intramolecular Hbond substituents is 2. The van der Waals surface area contributed by atoms with Crippen LogP contribution in [0, 0.1) is 11.3 Å². The minimum absolute atomic E-state index is 0.0375. The van der Waals surface area contributed by atoms with Crippen molar-refractivity contribution in [3.8, 4) is 17.6 Å². The Morgan fingerprint density at radius 1 is 1.31 bits per heavy atom. The van der Waals surface area contributed by atoms with Crippen LogP contribution in [0.5, 0.6) is 11.5 Å². The van der Waals surface area contributed by atoms with E-state index in [1.54, 1.807) is 6.07 Å². The minimum atomic E-state index is -0.920. The van der Waals surface area contributed by atoms with E-state index < -0.39 is 6.10 Å². The van der Waals surface area contributed by atoms with E-state index in [4.69, 9.17) is 15.5 Å². The summed E-state index contributed by atoms with van der Waals surface area (Å²) in [4.78, 5) is 0. The molecule has 4 heteroatoms. The van der Waals surface area contributed by atoms with Gasteiger partial charge in [0.25, 0.3) is 0 Å². The predicted octanol–water partition coefficient (Wildman–Crippen LogP) is 1.04. The average Bonchev–Trinajstić information content (AvgIpc) is 2.10. The van der Waals surface area contributed by atoms with E-state index in [2.05, 4.69) is 0 Å². The van der Waals surface area contributed by atoms with Gasteiger partial charge in [0, 0.05) is 0 Å². The molecule has 1 atom stereocenters. The SMILES string of the molecule is N#CCC(O)c1ccc(O)c(O)c1. The maximum absolute atomic E-state index is 9.32. The maximum atomic E-state index is 9.32. The summed E-state index contributed by atoms with van der Waals surface area (Å²) in [5.41, 5.74) is 0.414. The molecular weight excluding hydrogens is 170 g/mol. The van der Waals surface area contributed by atoms with Gasteiger partial charge in [-0.3, -0.25) is 0 Å². The first-order chi connectivity index (χ1) is 6.15.